The number of esters is 1. The lowest BCUT2D eigenvalue weighted by atomic mass is 10.1. The van der Waals surface area contributed by atoms with E-state index in [1.54, 1.807) is 26.0 Å². The van der Waals surface area contributed by atoms with Crippen molar-refractivity contribution in [3.8, 4) is 0 Å². The number of hydrogen-bond acceptors (Lipinski definition) is 3. The lowest BCUT2D eigenvalue weighted by Crippen LogP contribution is -2.37. The molecular formula is C20H21NO3. The summed E-state index contributed by atoms with van der Waals surface area (Å²) < 4.78 is 4.99. The van der Waals surface area contributed by atoms with Crippen LogP contribution in [0, 0.1) is 0 Å². The summed E-state index contributed by atoms with van der Waals surface area (Å²) in [6, 6.07) is 18.7. The number of benzene rings is 2. The first-order valence-corrected chi connectivity index (χ1v) is 7.87. The summed E-state index contributed by atoms with van der Waals surface area (Å²) >= 11 is 0. The average molecular weight is 323 g/mol. The molecule has 0 bridgehead atoms. The van der Waals surface area contributed by atoms with Gasteiger partial charge in [-0.05, 0) is 37.6 Å². The van der Waals surface area contributed by atoms with Crippen LogP contribution in [0.1, 0.15) is 19.4 Å². The Labute approximate surface area is 142 Å². The molecule has 24 heavy (non-hydrogen) atoms. The van der Waals surface area contributed by atoms with Gasteiger partial charge in [-0.25, -0.2) is 0 Å². The van der Waals surface area contributed by atoms with E-state index in [0.717, 1.165) is 5.56 Å². The molecule has 0 radical (unpaired) electrons. The van der Waals surface area contributed by atoms with Crippen molar-refractivity contribution >= 4 is 23.6 Å². The maximum Gasteiger partial charge on any atom is 0.326 e. The van der Waals surface area contributed by atoms with Gasteiger partial charge in [-0.2, -0.15) is 0 Å². The summed E-state index contributed by atoms with van der Waals surface area (Å²) in [5.74, 6) is -0.652. The molecule has 0 saturated heterocycles. The first-order valence-electron chi connectivity index (χ1n) is 7.87. The van der Waals surface area contributed by atoms with Crippen LogP contribution in [-0.2, 0) is 14.3 Å². The summed E-state index contributed by atoms with van der Waals surface area (Å²) in [4.78, 5) is 26.2. The van der Waals surface area contributed by atoms with Crippen LogP contribution in [0.4, 0.5) is 5.69 Å². The summed E-state index contributed by atoms with van der Waals surface area (Å²) in [5, 5.41) is 0. The molecular weight excluding hydrogens is 302 g/mol. The largest absolute Gasteiger partial charge is 0.465 e. The number of nitrogens with zero attached hydrogens (tertiary/aromatic N) is 1. The van der Waals surface area contributed by atoms with Gasteiger partial charge in [0, 0.05) is 11.3 Å². The van der Waals surface area contributed by atoms with E-state index in [1.807, 2.05) is 54.6 Å². The van der Waals surface area contributed by atoms with Gasteiger partial charge in [0.1, 0.15) is 6.54 Å². The maximum atomic E-state index is 12.8. The smallest absolute Gasteiger partial charge is 0.326 e. The Morgan fingerprint density at radius 3 is 2.17 bits per heavy atom. The minimum Gasteiger partial charge on any atom is -0.465 e. The fourth-order valence-electron chi connectivity index (χ4n) is 2.30. The molecule has 1 amide bonds. The lowest BCUT2D eigenvalue weighted by Gasteiger charge is -2.22. The van der Waals surface area contributed by atoms with Crippen LogP contribution in [0.25, 0.3) is 6.08 Å². The van der Waals surface area contributed by atoms with Gasteiger partial charge in [0.15, 0.2) is 0 Å². The van der Waals surface area contributed by atoms with Gasteiger partial charge in [0.05, 0.1) is 6.61 Å². The van der Waals surface area contributed by atoms with Crippen molar-refractivity contribution in [2.45, 2.75) is 13.8 Å². The minimum atomic E-state index is -0.429. The Bertz CT molecular complexity index is 708. The molecule has 4 heteroatoms. The predicted molar refractivity (Wildman–Crippen MR) is 95.5 cm³/mol. The van der Waals surface area contributed by atoms with Crippen LogP contribution in [-0.4, -0.2) is 25.0 Å². The van der Waals surface area contributed by atoms with E-state index < -0.39 is 5.97 Å². The highest BCUT2D eigenvalue weighted by Gasteiger charge is 2.21. The number of para-hydroxylation sites is 1. The maximum absolute atomic E-state index is 12.8. The average Bonchev–Trinajstić information content (AvgIpc) is 2.61. The van der Waals surface area contributed by atoms with Crippen LogP contribution >= 0.6 is 0 Å². The Morgan fingerprint density at radius 2 is 1.58 bits per heavy atom. The van der Waals surface area contributed by atoms with Crippen molar-refractivity contribution in [3.63, 3.8) is 0 Å². The summed E-state index contributed by atoms with van der Waals surface area (Å²) in [6.07, 6.45) is 1.81. The zero-order valence-corrected chi connectivity index (χ0v) is 13.9. The van der Waals surface area contributed by atoms with E-state index in [4.69, 9.17) is 4.74 Å². The zero-order chi connectivity index (χ0) is 17.4. The highest BCUT2D eigenvalue weighted by Crippen LogP contribution is 2.17. The second kappa shape index (κ2) is 8.67. The normalized spacial score (nSPS) is 11.0. The van der Waals surface area contributed by atoms with E-state index in [1.165, 1.54) is 4.90 Å². The minimum absolute atomic E-state index is 0.114. The Morgan fingerprint density at radius 1 is 1.00 bits per heavy atom. The molecule has 0 aromatic heterocycles. The van der Waals surface area contributed by atoms with E-state index in [0.29, 0.717) is 11.3 Å². The number of hydrogen-bond donors (Lipinski definition) is 0. The second-order valence-electron chi connectivity index (χ2n) is 5.27. The SMILES string of the molecule is CCOC(=O)CN(C(=O)C(C)=Cc1ccccc1)c1ccccc1. The van der Waals surface area contributed by atoms with E-state index in [2.05, 4.69) is 0 Å². The third-order valence-electron chi connectivity index (χ3n) is 3.43. The van der Waals surface area contributed by atoms with Crippen LogP contribution in [0.5, 0.6) is 0 Å². The molecule has 2 rings (SSSR count). The number of rotatable bonds is 6. The first-order chi connectivity index (χ1) is 11.6. The number of anilines is 1. The lowest BCUT2D eigenvalue weighted by molar-refractivity contribution is -0.142. The Kier molecular flexibility index (Phi) is 6.32. The van der Waals surface area contributed by atoms with Crippen LogP contribution in [0.2, 0.25) is 0 Å². The fourth-order valence-corrected chi connectivity index (χ4v) is 2.30. The molecule has 0 aliphatic heterocycles. The number of carbonyl (C=O) groups excluding carboxylic acids is 2. The predicted octanol–water partition coefficient (Wildman–Crippen LogP) is 3.69. The number of ether oxygens (including phenoxy) is 1. The van der Waals surface area contributed by atoms with E-state index in [-0.39, 0.29) is 19.1 Å². The molecule has 4 nitrogen and oxygen atoms in total. The van der Waals surface area contributed by atoms with Gasteiger partial charge in [0.2, 0.25) is 0 Å². The standard InChI is InChI=1S/C20H21NO3/c1-3-24-19(22)15-21(18-12-8-5-9-13-18)20(23)16(2)14-17-10-6-4-7-11-17/h4-14H,3,15H2,1-2H3. The third-order valence-corrected chi connectivity index (χ3v) is 3.43. The van der Waals surface area contributed by atoms with Gasteiger partial charge in [0.25, 0.3) is 5.91 Å². The number of amides is 1. The highest BCUT2D eigenvalue weighted by molar-refractivity contribution is 6.09. The molecule has 2 aromatic carbocycles. The van der Waals surface area contributed by atoms with Crippen molar-refractivity contribution in [3.05, 3.63) is 71.8 Å². The second-order valence-corrected chi connectivity index (χ2v) is 5.27. The van der Waals surface area contributed by atoms with Crippen LogP contribution in [0.3, 0.4) is 0 Å². The van der Waals surface area contributed by atoms with Gasteiger partial charge in [-0.1, -0.05) is 48.5 Å². The van der Waals surface area contributed by atoms with Gasteiger partial charge < -0.3 is 4.74 Å². The molecule has 0 heterocycles. The van der Waals surface area contributed by atoms with Gasteiger partial charge in [-0.3, -0.25) is 14.5 Å². The topological polar surface area (TPSA) is 46.6 Å². The van der Waals surface area contributed by atoms with E-state index in [9.17, 15) is 9.59 Å². The van der Waals surface area contributed by atoms with Crippen molar-refractivity contribution < 1.29 is 14.3 Å². The summed E-state index contributed by atoms with van der Waals surface area (Å²) in [5.41, 5.74) is 2.15. The zero-order valence-electron chi connectivity index (χ0n) is 13.9. The molecule has 0 atom stereocenters. The van der Waals surface area contributed by atoms with Gasteiger partial charge in [-0.15, -0.1) is 0 Å². The molecule has 0 unspecified atom stereocenters. The van der Waals surface area contributed by atoms with Crippen LogP contribution in [0.15, 0.2) is 66.2 Å². The first kappa shape index (κ1) is 17.5. The molecule has 0 fully saturated rings. The van der Waals surface area contributed by atoms with Crippen molar-refractivity contribution in [1.29, 1.82) is 0 Å². The Balaban J connectivity index is 2.27. The van der Waals surface area contributed by atoms with Crippen molar-refractivity contribution in [1.82, 2.24) is 0 Å². The third kappa shape index (κ3) is 4.81. The highest BCUT2D eigenvalue weighted by atomic mass is 16.5. The molecule has 0 aliphatic rings. The molecule has 0 N–H and O–H groups in total. The molecule has 0 aliphatic carbocycles. The molecule has 2 aromatic rings. The fraction of sp³-hybridized carbons (Fsp3) is 0.200. The van der Waals surface area contributed by atoms with Gasteiger partial charge >= 0.3 is 5.97 Å². The van der Waals surface area contributed by atoms with Crippen molar-refractivity contribution in [2.24, 2.45) is 0 Å². The monoisotopic (exact) mass is 323 g/mol. The molecule has 0 spiro atoms. The summed E-state index contributed by atoms with van der Waals surface area (Å²) in [7, 11) is 0. The molecule has 124 valence electrons. The van der Waals surface area contributed by atoms with Crippen LogP contribution < -0.4 is 4.90 Å². The summed E-state index contributed by atoms with van der Waals surface area (Å²) in [6.45, 7) is 3.66. The number of carbonyl (C=O) groups is 2. The quantitative estimate of drug-likeness (QED) is 0.602. The van der Waals surface area contributed by atoms with Crippen molar-refractivity contribution in [2.75, 3.05) is 18.1 Å². The van der Waals surface area contributed by atoms with E-state index >= 15 is 0 Å². The Hall–Kier alpha value is -2.88. The molecule has 0 saturated carbocycles.